The number of Topliss-reactive ketones (excluding diaryl/α,β-unsaturated/α-hetero) is 1. The van der Waals surface area contributed by atoms with E-state index in [-0.39, 0.29) is 12.3 Å². The number of hydrogen-bond donors (Lipinski definition) is 2. The second-order valence-electron chi connectivity index (χ2n) is 4.45. The molecule has 0 atom stereocenters. The van der Waals surface area contributed by atoms with E-state index in [1.54, 1.807) is 18.2 Å². The number of halogens is 2. The van der Waals surface area contributed by atoms with Gasteiger partial charge >= 0.3 is 0 Å². The van der Waals surface area contributed by atoms with E-state index in [0.29, 0.717) is 22.5 Å². The highest BCUT2D eigenvalue weighted by molar-refractivity contribution is 5.99. The molecule has 20 heavy (non-hydrogen) atoms. The van der Waals surface area contributed by atoms with E-state index in [1.807, 2.05) is 0 Å². The van der Waals surface area contributed by atoms with E-state index in [2.05, 4.69) is 5.32 Å². The maximum Gasteiger partial charge on any atom is 0.161 e. The van der Waals surface area contributed by atoms with Crippen LogP contribution in [0.15, 0.2) is 36.4 Å². The quantitative estimate of drug-likeness (QED) is 0.665. The van der Waals surface area contributed by atoms with Gasteiger partial charge in [-0.25, -0.2) is 8.78 Å². The van der Waals surface area contributed by atoms with Gasteiger partial charge in [0.25, 0.3) is 0 Å². The van der Waals surface area contributed by atoms with Crippen molar-refractivity contribution in [3.63, 3.8) is 0 Å². The van der Waals surface area contributed by atoms with Gasteiger partial charge in [-0.2, -0.15) is 0 Å². The number of nitrogen functional groups attached to an aromatic ring is 1. The first kappa shape index (κ1) is 14.0. The van der Waals surface area contributed by atoms with Gasteiger partial charge in [0.15, 0.2) is 5.78 Å². The largest absolute Gasteiger partial charge is 0.398 e. The Bertz CT molecular complexity index is 656. The van der Waals surface area contributed by atoms with Gasteiger partial charge in [-0.3, -0.25) is 4.79 Å². The lowest BCUT2D eigenvalue weighted by molar-refractivity contribution is 0.101. The average Bonchev–Trinajstić information content (AvgIpc) is 2.37. The summed E-state index contributed by atoms with van der Waals surface area (Å²) >= 11 is 0. The summed E-state index contributed by atoms with van der Waals surface area (Å²) in [4.78, 5) is 11.2. The van der Waals surface area contributed by atoms with Gasteiger partial charge in [0.1, 0.15) is 11.6 Å². The Morgan fingerprint density at radius 2 is 1.95 bits per heavy atom. The minimum atomic E-state index is -0.610. The number of carbonyl (C=O) groups is 1. The van der Waals surface area contributed by atoms with Gasteiger partial charge in [0, 0.05) is 35.1 Å². The second-order valence-corrected chi connectivity index (χ2v) is 4.45. The molecule has 104 valence electrons. The number of benzene rings is 2. The first-order chi connectivity index (χ1) is 9.47. The lowest BCUT2D eigenvalue weighted by atomic mass is 10.1. The smallest absolute Gasteiger partial charge is 0.161 e. The highest BCUT2D eigenvalue weighted by Gasteiger charge is 2.07. The lowest BCUT2D eigenvalue weighted by Gasteiger charge is -2.10. The summed E-state index contributed by atoms with van der Waals surface area (Å²) in [5.74, 6) is -1.33. The van der Waals surface area contributed by atoms with Crippen LogP contribution in [0.4, 0.5) is 20.2 Å². The minimum absolute atomic E-state index is 0.112. The van der Waals surface area contributed by atoms with Crippen LogP contribution in [-0.2, 0) is 6.54 Å². The van der Waals surface area contributed by atoms with Crippen molar-refractivity contribution in [1.82, 2.24) is 0 Å². The van der Waals surface area contributed by atoms with Gasteiger partial charge in [-0.15, -0.1) is 0 Å². The molecule has 2 aromatic carbocycles. The second kappa shape index (κ2) is 5.69. The summed E-state index contributed by atoms with van der Waals surface area (Å²) in [6, 6.07) is 8.33. The summed E-state index contributed by atoms with van der Waals surface area (Å²) in [7, 11) is 0. The van der Waals surface area contributed by atoms with Crippen molar-refractivity contribution in [2.45, 2.75) is 13.5 Å². The summed E-state index contributed by atoms with van der Waals surface area (Å²) in [6.07, 6.45) is 0. The van der Waals surface area contributed by atoms with Crippen molar-refractivity contribution < 1.29 is 13.6 Å². The van der Waals surface area contributed by atoms with Gasteiger partial charge < -0.3 is 11.1 Å². The van der Waals surface area contributed by atoms with Crippen LogP contribution in [0.2, 0.25) is 0 Å². The summed E-state index contributed by atoms with van der Waals surface area (Å²) in [5, 5.41) is 2.97. The number of hydrogen-bond acceptors (Lipinski definition) is 3. The van der Waals surface area contributed by atoms with Crippen molar-refractivity contribution in [2.24, 2.45) is 0 Å². The van der Waals surface area contributed by atoms with E-state index in [4.69, 9.17) is 5.73 Å². The number of nitrogens with one attached hydrogen (secondary N) is 1. The molecule has 0 radical (unpaired) electrons. The SMILES string of the molecule is CC(=O)c1ccc(NCc2ccc(F)cc2F)cc1N. The Kier molecular flexibility index (Phi) is 3.98. The molecule has 0 saturated carbocycles. The van der Waals surface area contributed by atoms with Gasteiger partial charge in [-0.1, -0.05) is 6.07 Å². The molecule has 0 unspecified atom stereocenters. The Balaban J connectivity index is 2.11. The Morgan fingerprint density at radius 1 is 1.20 bits per heavy atom. The number of rotatable bonds is 4. The van der Waals surface area contributed by atoms with Gasteiger partial charge in [0.2, 0.25) is 0 Å². The molecule has 0 spiro atoms. The molecule has 5 heteroatoms. The summed E-state index contributed by atoms with van der Waals surface area (Å²) in [6.45, 7) is 1.64. The molecule has 3 N–H and O–H groups in total. The Labute approximate surface area is 115 Å². The normalized spacial score (nSPS) is 10.3. The minimum Gasteiger partial charge on any atom is -0.398 e. The molecular weight excluding hydrogens is 262 g/mol. The highest BCUT2D eigenvalue weighted by atomic mass is 19.1. The van der Waals surface area contributed by atoms with Crippen molar-refractivity contribution in [3.8, 4) is 0 Å². The maximum atomic E-state index is 13.5. The van der Waals surface area contributed by atoms with Crippen LogP contribution in [-0.4, -0.2) is 5.78 Å². The van der Waals surface area contributed by atoms with Crippen molar-refractivity contribution >= 4 is 17.2 Å². The number of nitrogens with two attached hydrogens (primary N) is 1. The number of anilines is 2. The molecule has 0 aliphatic rings. The fourth-order valence-electron chi connectivity index (χ4n) is 1.86. The number of ketones is 1. The molecular formula is C15H14F2N2O. The van der Waals surface area contributed by atoms with Crippen LogP contribution >= 0.6 is 0 Å². The third-order valence-corrected chi connectivity index (χ3v) is 2.93. The molecule has 0 bridgehead atoms. The van der Waals surface area contributed by atoms with Crippen LogP contribution < -0.4 is 11.1 Å². The van der Waals surface area contributed by atoms with Crippen molar-refractivity contribution in [1.29, 1.82) is 0 Å². The van der Waals surface area contributed by atoms with Crippen LogP contribution in [0.1, 0.15) is 22.8 Å². The Hall–Kier alpha value is -2.43. The monoisotopic (exact) mass is 276 g/mol. The van der Waals surface area contributed by atoms with Crippen molar-refractivity contribution in [3.05, 3.63) is 59.2 Å². The van der Waals surface area contributed by atoms with Gasteiger partial charge in [-0.05, 0) is 31.2 Å². The Morgan fingerprint density at radius 3 is 2.55 bits per heavy atom. The zero-order valence-electron chi connectivity index (χ0n) is 10.9. The molecule has 0 aliphatic carbocycles. The highest BCUT2D eigenvalue weighted by Crippen LogP contribution is 2.19. The van der Waals surface area contributed by atoms with E-state index in [9.17, 15) is 13.6 Å². The molecule has 0 aliphatic heterocycles. The van der Waals surface area contributed by atoms with Crippen molar-refractivity contribution in [2.75, 3.05) is 11.1 Å². The zero-order chi connectivity index (χ0) is 14.7. The molecule has 0 aromatic heterocycles. The standard InChI is InChI=1S/C15H14F2N2O/c1-9(20)13-5-4-12(7-15(13)18)19-8-10-2-3-11(16)6-14(10)17/h2-7,19H,8,18H2,1H3. The first-order valence-corrected chi connectivity index (χ1v) is 6.05. The first-order valence-electron chi connectivity index (χ1n) is 6.05. The average molecular weight is 276 g/mol. The van der Waals surface area contributed by atoms with E-state index < -0.39 is 11.6 Å². The molecule has 2 rings (SSSR count). The van der Waals surface area contributed by atoms with Crippen LogP contribution in [0, 0.1) is 11.6 Å². The fourth-order valence-corrected chi connectivity index (χ4v) is 1.86. The molecule has 0 fully saturated rings. The van der Waals surface area contributed by atoms with Crippen LogP contribution in [0.3, 0.4) is 0 Å². The third kappa shape index (κ3) is 3.12. The van der Waals surface area contributed by atoms with Crippen LogP contribution in [0.25, 0.3) is 0 Å². The zero-order valence-corrected chi connectivity index (χ0v) is 10.9. The summed E-state index contributed by atoms with van der Waals surface area (Å²) in [5.41, 5.74) is 7.58. The predicted octanol–water partition coefficient (Wildman–Crippen LogP) is 3.36. The molecule has 0 amide bonds. The third-order valence-electron chi connectivity index (χ3n) is 2.93. The van der Waals surface area contributed by atoms with Crippen LogP contribution in [0.5, 0.6) is 0 Å². The fraction of sp³-hybridized carbons (Fsp3) is 0.133. The number of carbonyl (C=O) groups excluding carboxylic acids is 1. The van der Waals surface area contributed by atoms with E-state index >= 15 is 0 Å². The molecule has 3 nitrogen and oxygen atoms in total. The topological polar surface area (TPSA) is 55.1 Å². The molecule has 0 heterocycles. The summed E-state index contributed by atoms with van der Waals surface area (Å²) < 4.78 is 26.2. The molecule has 0 saturated heterocycles. The molecule has 2 aromatic rings. The van der Waals surface area contributed by atoms with Gasteiger partial charge in [0.05, 0.1) is 0 Å². The van der Waals surface area contributed by atoms with E-state index in [1.165, 1.54) is 19.1 Å². The van der Waals surface area contributed by atoms with E-state index in [0.717, 1.165) is 6.07 Å². The lowest BCUT2D eigenvalue weighted by Crippen LogP contribution is -2.04. The maximum absolute atomic E-state index is 13.5. The predicted molar refractivity (Wildman–Crippen MR) is 74.5 cm³/mol.